The van der Waals surface area contributed by atoms with E-state index in [2.05, 4.69) is 30.1 Å². The molecule has 1 amide bonds. The van der Waals surface area contributed by atoms with E-state index >= 15 is 0 Å². The van der Waals surface area contributed by atoms with Gasteiger partial charge in [0, 0.05) is 13.1 Å². The second-order valence-electron chi connectivity index (χ2n) is 5.04. The van der Waals surface area contributed by atoms with E-state index < -0.39 is 0 Å². The SMILES string of the molecule is Cc1cc(C(=O)N(CCC#N)CC(C)C)c(C)nn1. The molecule has 0 saturated carbocycles. The maximum Gasteiger partial charge on any atom is 0.255 e. The van der Waals surface area contributed by atoms with Crippen molar-refractivity contribution in [3.05, 3.63) is 23.0 Å². The first-order valence-corrected chi connectivity index (χ1v) is 6.42. The quantitative estimate of drug-likeness (QED) is 0.813. The van der Waals surface area contributed by atoms with Crippen LogP contribution >= 0.6 is 0 Å². The Morgan fingerprint density at radius 3 is 2.68 bits per heavy atom. The molecule has 0 aliphatic heterocycles. The van der Waals surface area contributed by atoms with Crippen molar-refractivity contribution in [3.8, 4) is 6.07 Å². The van der Waals surface area contributed by atoms with E-state index in [4.69, 9.17) is 5.26 Å². The van der Waals surface area contributed by atoms with E-state index in [0.717, 1.165) is 5.69 Å². The summed E-state index contributed by atoms with van der Waals surface area (Å²) in [4.78, 5) is 14.2. The summed E-state index contributed by atoms with van der Waals surface area (Å²) < 4.78 is 0. The fraction of sp³-hybridized carbons (Fsp3) is 0.571. The summed E-state index contributed by atoms with van der Waals surface area (Å²) in [5.74, 6) is 0.290. The summed E-state index contributed by atoms with van der Waals surface area (Å²) in [6.07, 6.45) is 0.342. The first kappa shape index (κ1) is 15.1. The second kappa shape index (κ2) is 6.83. The smallest absolute Gasteiger partial charge is 0.255 e. The molecule has 5 heteroatoms. The first-order chi connectivity index (χ1) is 8.95. The topological polar surface area (TPSA) is 69.9 Å². The van der Waals surface area contributed by atoms with Crippen molar-refractivity contribution in [2.45, 2.75) is 34.1 Å². The van der Waals surface area contributed by atoms with Crippen molar-refractivity contribution >= 4 is 5.91 Å². The maximum atomic E-state index is 12.5. The Kier molecular flexibility index (Phi) is 5.43. The summed E-state index contributed by atoms with van der Waals surface area (Å²) >= 11 is 0. The Morgan fingerprint density at radius 2 is 2.11 bits per heavy atom. The van der Waals surface area contributed by atoms with Crippen molar-refractivity contribution in [2.75, 3.05) is 13.1 Å². The van der Waals surface area contributed by atoms with Gasteiger partial charge in [0.05, 0.1) is 29.4 Å². The molecule has 0 N–H and O–H groups in total. The monoisotopic (exact) mass is 260 g/mol. The highest BCUT2D eigenvalue weighted by Crippen LogP contribution is 2.11. The van der Waals surface area contributed by atoms with Crippen LogP contribution in [0, 0.1) is 31.1 Å². The summed E-state index contributed by atoms with van der Waals surface area (Å²) in [6.45, 7) is 8.78. The van der Waals surface area contributed by atoms with Crippen LogP contribution < -0.4 is 0 Å². The number of nitrogens with zero attached hydrogens (tertiary/aromatic N) is 4. The van der Waals surface area contributed by atoms with Crippen LogP contribution in [0.15, 0.2) is 6.07 Å². The summed E-state index contributed by atoms with van der Waals surface area (Å²) in [7, 11) is 0. The van der Waals surface area contributed by atoms with Gasteiger partial charge in [-0.05, 0) is 25.8 Å². The van der Waals surface area contributed by atoms with Crippen LogP contribution in [-0.2, 0) is 0 Å². The van der Waals surface area contributed by atoms with E-state index in [1.807, 2.05) is 6.92 Å². The normalized spacial score (nSPS) is 10.3. The standard InChI is InChI=1S/C14H20N4O/c1-10(2)9-18(7-5-6-15)14(19)13-8-11(3)16-17-12(13)4/h8,10H,5,7,9H2,1-4H3. The molecule has 0 saturated heterocycles. The molecule has 102 valence electrons. The first-order valence-electron chi connectivity index (χ1n) is 6.42. The molecule has 0 fully saturated rings. The summed E-state index contributed by atoms with van der Waals surface area (Å²) in [6, 6.07) is 3.84. The fourth-order valence-electron chi connectivity index (χ4n) is 1.84. The molecular formula is C14H20N4O. The molecule has 0 radical (unpaired) electrons. The zero-order chi connectivity index (χ0) is 14.4. The Balaban J connectivity index is 2.97. The van der Waals surface area contributed by atoms with E-state index in [1.165, 1.54) is 0 Å². The predicted molar refractivity (Wildman–Crippen MR) is 72.5 cm³/mol. The van der Waals surface area contributed by atoms with Gasteiger partial charge in [0.25, 0.3) is 5.91 Å². The third kappa shape index (κ3) is 4.32. The van der Waals surface area contributed by atoms with Gasteiger partial charge >= 0.3 is 0 Å². The van der Waals surface area contributed by atoms with Gasteiger partial charge in [-0.15, -0.1) is 0 Å². The lowest BCUT2D eigenvalue weighted by Crippen LogP contribution is -2.35. The Bertz CT molecular complexity index is 491. The molecule has 0 spiro atoms. The fourth-order valence-corrected chi connectivity index (χ4v) is 1.84. The molecule has 1 rings (SSSR count). The Labute approximate surface area is 114 Å². The van der Waals surface area contributed by atoms with Crippen LogP contribution in [0.25, 0.3) is 0 Å². The van der Waals surface area contributed by atoms with Gasteiger partial charge in [0.15, 0.2) is 0 Å². The molecule has 19 heavy (non-hydrogen) atoms. The second-order valence-corrected chi connectivity index (χ2v) is 5.04. The van der Waals surface area contributed by atoms with Crippen LogP contribution in [0.1, 0.15) is 42.0 Å². The summed E-state index contributed by atoms with van der Waals surface area (Å²) in [5.41, 5.74) is 1.92. The number of hydrogen-bond donors (Lipinski definition) is 0. The average molecular weight is 260 g/mol. The minimum Gasteiger partial charge on any atom is -0.337 e. The molecule has 0 unspecified atom stereocenters. The lowest BCUT2D eigenvalue weighted by atomic mass is 10.1. The lowest BCUT2D eigenvalue weighted by Gasteiger charge is -2.24. The average Bonchev–Trinajstić information content (AvgIpc) is 2.36. The minimum absolute atomic E-state index is 0.0700. The maximum absolute atomic E-state index is 12.5. The van der Waals surface area contributed by atoms with Crippen LogP contribution in [0.5, 0.6) is 0 Å². The van der Waals surface area contributed by atoms with Crippen molar-refractivity contribution in [1.82, 2.24) is 15.1 Å². The van der Waals surface area contributed by atoms with Crippen LogP contribution in [0.2, 0.25) is 0 Å². The van der Waals surface area contributed by atoms with Crippen LogP contribution in [0.4, 0.5) is 0 Å². The van der Waals surface area contributed by atoms with Gasteiger partial charge in [0.1, 0.15) is 0 Å². The number of nitriles is 1. The third-order valence-corrected chi connectivity index (χ3v) is 2.70. The number of carbonyl (C=O) groups excluding carboxylic acids is 1. The molecule has 0 aromatic carbocycles. The van der Waals surface area contributed by atoms with Gasteiger partial charge in [-0.25, -0.2) is 0 Å². The number of carbonyl (C=O) groups is 1. The zero-order valence-electron chi connectivity index (χ0n) is 12.0. The molecular weight excluding hydrogens is 240 g/mol. The van der Waals surface area contributed by atoms with E-state index in [9.17, 15) is 4.79 Å². The summed E-state index contributed by atoms with van der Waals surface area (Å²) in [5, 5.41) is 16.6. The van der Waals surface area contributed by atoms with E-state index in [-0.39, 0.29) is 5.91 Å². The molecule has 1 aromatic rings. The van der Waals surface area contributed by atoms with Crippen LogP contribution in [0.3, 0.4) is 0 Å². The van der Waals surface area contributed by atoms with E-state index in [0.29, 0.717) is 36.7 Å². The van der Waals surface area contributed by atoms with Crippen molar-refractivity contribution in [1.29, 1.82) is 5.26 Å². The van der Waals surface area contributed by atoms with Crippen LogP contribution in [-0.4, -0.2) is 34.1 Å². The van der Waals surface area contributed by atoms with Crippen molar-refractivity contribution in [3.63, 3.8) is 0 Å². The zero-order valence-corrected chi connectivity index (χ0v) is 12.0. The largest absolute Gasteiger partial charge is 0.337 e. The molecule has 1 aromatic heterocycles. The molecule has 1 heterocycles. The van der Waals surface area contributed by atoms with Gasteiger partial charge in [0.2, 0.25) is 0 Å². The molecule has 0 atom stereocenters. The number of aryl methyl sites for hydroxylation is 2. The van der Waals surface area contributed by atoms with Crippen molar-refractivity contribution in [2.24, 2.45) is 5.92 Å². The van der Waals surface area contributed by atoms with Gasteiger partial charge in [-0.2, -0.15) is 15.5 Å². The number of aromatic nitrogens is 2. The number of amides is 1. The molecule has 5 nitrogen and oxygen atoms in total. The van der Waals surface area contributed by atoms with E-state index in [1.54, 1.807) is 17.9 Å². The molecule has 0 aliphatic rings. The van der Waals surface area contributed by atoms with Gasteiger partial charge < -0.3 is 4.90 Å². The highest BCUT2D eigenvalue weighted by molar-refractivity contribution is 5.95. The minimum atomic E-state index is -0.0700. The molecule has 0 bridgehead atoms. The van der Waals surface area contributed by atoms with Gasteiger partial charge in [-0.1, -0.05) is 13.8 Å². The van der Waals surface area contributed by atoms with Gasteiger partial charge in [-0.3, -0.25) is 4.79 Å². The highest BCUT2D eigenvalue weighted by atomic mass is 16.2. The Hall–Kier alpha value is -1.96. The number of hydrogen-bond acceptors (Lipinski definition) is 4. The van der Waals surface area contributed by atoms with Crippen molar-refractivity contribution < 1.29 is 4.79 Å². The molecule has 0 aliphatic carbocycles. The third-order valence-electron chi connectivity index (χ3n) is 2.70. The predicted octanol–water partition coefficient (Wildman–Crippen LogP) is 2.11. The highest BCUT2D eigenvalue weighted by Gasteiger charge is 2.19. The number of rotatable bonds is 5. The Morgan fingerprint density at radius 1 is 1.42 bits per heavy atom. The lowest BCUT2D eigenvalue weighted by molar-refractivity contribution is 0.0738.